The molecule has 5 heteroatoms. The Kier molecular flexibility index (Phi) is 3.38. The number of hydrogen-bond donors (Lipinski definition) is 2. The predicted molar refractivity (Wildman–Crippen MR) is 64.1 cm³/mol. The van der Waals surface area contributed by atoms with Crippen molar-refractivity contribution < 1.29 is 9.59 Å². The lowest BCUT2D eigenvalue weighted by Crippen LogP contribution is -2.49. The van der Waals surface area contributed by atoms with Gasteiger partial charge in [-0.2, -0.15) is 0 Å². The maximum Gasteiger partial charge on any atom is 0.239 e. The molecule has 2 aliphatic rings. The van der Waals surface area contributed by atoms with Crippen LogP contribution in [0.1, 0.15) is 32.6 Å². The number of carbonyl (C=O) groups excluding carboxylic acids is 2. The van der Waals surface area contributed by atoms with Gasteiger partial charge in [-0.3, -0.25) is 9.59 Å². The minimum absolute atomic E-state index is 0.0565. The lowest BCUT2D eigenvalue weighted by Gasteiger charge is -2.28. The molecule has 2 fully saturated rings. The average molecular weight is 239 g/mol. The predicted octanol–water partition coefficient (Wildman–Crippen LogP) is -0.148. The van der Waals surface area contributed by atoms with Crippen molar-refractivity contribution in [3.8, 4) is 0 Å². The van der Waals surface area contributed by atoms with Crippen LogP contribution in [0.3, 0.4) is 0 Å². The Hall–Kier alpha value is -1.10. The van der Waals surface area contributed by atoms with E-state index in [1.165, 1.54) is 0 Å². The molecule has 5 nitrogen and oxygen atoms in total. The van der Waals surface area contributed by atoms with E-state index < -0.39 is 5.41 Å². The zero-order valence-electron chi connectivity index (χ0n) is 10.4. The molecular formula is C12H21N3O2. The van der Waals surface area contributed by atoms with E-state index in [0.29, 0.717) is 19.5 Å². The van der Waals surface area contributed by atoms with E-state index in [0.717, 1.165) is 25.8 Å². The topological polar surface area (TPSA) is 75.4 Å². The molecule has 0 aliphatic carbocycles. The number of primary amides is 1. The van der Waals surface area contributed by atoms with Crippen LogP contribution in [0.25, 0.3) is 0 Å². The molecular weight excluding hydrogens is 218 g/mol. The highest BCUT2D eigenvalue weighted by molar-refractivity contribution is 5.86. The van der Waals surface area contributed by atoms with Crippen molar-refractivity contribution in [1.29, 1.82) is 0 Å². The number of hydrogen-bond acceptors (Lipinski definition) is 3. The monoisotopic (exact) mass is 239 g/mol. The second kappa shape index (κ2) is 4.64. The van der Waals surface area contributed by atoms with Gasteiger partial charge < -0.3 is 16.0 Å². The van der Waals surface area contributed by atoms with Crippen LogP contribution in [-0.4, -0.2) is 42.4 Å². The molecule has 0 aromatic heterocycles. The Morgan fingerprint density at radius 2 is 2.18 bits per heavy atom. The van der Waals surface area contributed by atoms with Gasteiger partial charge in [0.25, 0.3) is 0 Å². The van der Waals surface area contributed by atoms with Crippen molar-refractivity contribution in [2.45, 2.75) is 38.6 Å². The second-order valence-electron chi connectivity index (χ2n) is 5.44. The summed E-state index contributed by atoms with van der Waals surface area (Å²) in [6, 6.07) is -0.0565. The van der Waals surface area contributed by atoms with Gasteiger partial charge in [-0.25, -0.2) is 0 Å². The summed E-state index contributed by atoms with van der Waals surface area (Å²) in [5.74, 6) is -0.168. The van der Waals surface area contributed by atoms with E-state index in [1.807, 2.05) is 6.92 Å². The Bertz CT molecular complexity index is 326. The third-order valence-electron chi connectivity index (χ3n) is 3.99. The summed E-state index contributed by atoms with van der Waals surface area (Å²) in [5.41, 5.74) is 4.84. The molecule has 0 bridgehead atoms. The first-order valence-corrected chi connectivity index (χ1v) is 6.35. The van der Waals surface area contributed by atoms with Gasteiger partial charge in [-0.1, -0.05) is 6.42 Å². The molecule has 0 spiro atoms. The van der Waals surface area contributed by atoms with Crippen LogP contribution in [-0.2, 0) is 9.59 Å². The number of piperidine rings is 1. The minimum Gasteiger partial charge on any atom is -0.369 e. The van der Waals surface area contributed by atoms with Crippen molar-refractivity contribution in [1.82, 2.24) is 10.2 Å². The summed E-state index contributed by atoms with van der Waals surface area (Å²) in [7, 11) is 0. The number of nitrogens with one attached hydrogen (secondary N) is 1. The summed E-state index contributed by atoms with van der Waals surface area (Å²) in [6.45, 7) is 3.88. The van der Waals surface area contributed by atoms with Crippen molar-refractivity contribution in [3.05, 3.63) is 0 Å². The maximum atomic E-state index is 12.2. The standard InChI is InChI=1S/C12H21N3O2/c1-12(11(13)17)5-7-15(8-12)10(16)9-4-2-3-6-14-9/h9,14H,2-8H2,1H3,(H2,13,17)/t9-,12?/m0/s1. The van der Waals surface area contributed by atoms with Crippen LogP contribution in [0.15, 0.2) is 0 Å². The zero-order valence-corrected chi connectivity index (χ0v) is 10.4. The van der Waals surface area contributed by atoms with E-state index in [-0.39, 0.29) is 17.9 Å². The Labute approximate surface area is 102 Å². The summed E-state index contributed by atoms with van der Waals surface area (Å²) in [6.07, 6.45) is 3.83. The average Bonchev–Trinajstić information content (AvgIpc) is 2.74. The van der Waals surface area contributed by atoms with Crippen LogP contribution < -0.4 is 11.1 Å². The molecule has 0 aromatic carbocycles. The van der Waals surface area contributed by atoms with Crippen LogP contribution in [0.2, 0.25) is 0 Å². The molecule has 2 heterocycles. The van der Waals surface area contributed by atoms with Gasteiger partial charge >= 0.3 is 0 Å². The van der Waals surface area contributed by atoms with Gasteiger partial charge in [0.1, 0.15) is 0 Å². The number of nitrogens with two attached hydrogens (primary N) is 1. The fourth-order valence-corrected chi connectivity index (χ4v) is 2.63. The number of likely N-dealkylation sites (tertiary alicyclic amines) is 1. The third kappa shape index (κ3) is 2.44. The molecule has 3 N–H and O–H groups in total. The van der Waals surface area contributed by atoms with Crippen molar-refractivity contribution >= 4 is 11.8 Å². The molecule has 1 unspecified atom stereocenters. The van der Waals surface area contributed by atoms with Crippen molar-refractivity contribution in [2.75, 3.05) is 19.6 Å². The first-order valence-electron chi connectivity index (χ1n) is 6.35. The molecule has 0 aromatic rings. The Morgan fingerprint density at radius 1 is 1.41 bits per heavy atom. The first-order chi connectivity index (χ1) is 8.03. The van der Waals surface area contributed by atoms with Crippen LogP contribution >= 0.6 is 0 Å². The highest BCUT2D eigenvalue weighted by Crippen LogP contribution is 2.30. The van der Waals surface area contributed by atoms with Gasteiger partial charge in [-0.05, 0) is 32.7 Å². The zero-order chi connectivity index (χ0) is 12.5. The van der Waals surface area contributed by atoms with Gasteiger partial charge in [0.15, 0.2) is 0 Å². The van der Waals surface area contributed by atoms with E-state index in [9.17, 15) is 9.59 Å². The molecule has 0 radical (unpaired) electrons. The van der Waals surface area contributed by atoms with E-state index in [1.54, 1.807) is 4.90 Å². The first kappa shape index (κ1) is 12.4. The quantitative estimate of drug-likeness (QED) is 0.704. The van der Waals surface area contributed by atoms with E-state index >= 15 is 0 Å². The van der Waals surface area contributed by atoms with Gasteiger partial charge in [0.05, 0.1) is 11.5 Å². The largest absolute Gasteiger partial charge is 0.369 e. The Morgan fingerprint density at radius 3 is 2.71 bits per heavy atom. The van der Waals surface area contributed by atoms with Crippen LogP contribution in [0.4, 0.5) is 0 Å². The Balaban J connectivity index is 1.95. The van der Waals surface area contributed by atoms with Crippen molar-refractivity contribution in [2.24, 2.45) is 11.1 Å². The summed E-state index contributed by atoms with van der Waals surface area (Å²) in [5, 5.41) is 3.24. The number of rotatable bonds is 2. The summed E-state index contributed by atoms with van der Waals surface area (Å²) < 4.78 is 0. The molecule has 2 atom stereocenters. The fourth-order valence-electron chi connectivity index (χ4n) is 2.63. The summed E-state index contributed by atoms with van der Waals surface area (Å²) in [4.78, 5) is 25.3. The SMILES string of the molecule is CC1(C(N)=O)CCN(C(=O)[C@@H]2CCCCN2)C1. The smallest absolute Gasteiger partial charge is 0.239 e. The molecule has 96 valence electrons. The van der Waals surface area contributed by atoms with E-state index in [4.69, 9.17) is 5.73 Å². The highest BCUT2D eigenvalue weighted by atomic mass is 16.2. The molecule has 2 amide bonds. The molecule has 0 saturated carbocycles. The molecule has 17 heavy (non-hydrogen) atoms. The van der Waals surface area contributed by atoms with Gasteiger partial charge in [0.2, 0.25) is 11.8 Å². The lowest BCUT2D eigenvalue weighted by atomic mass is 9.89. The molecule has 2 rings (SSSR count). The molecule has 2 saturated heterocycles. The van der Waals surface area contributed by atoms with Gasteiger partial charge in [0, 0.05) is 13.1 Å². The van der Waals surface area contributed by atoms with E-state index in [2.05, 4.69) is 5.32 Å². The number of amides is 2. The minimum atomic E-state index is -0.537. The number of carbonyl (C=O) groups is 2. The third-order valence-corrected chi connectivity index (χ3v) is 3.99. The van der Waals surface area contributed by atoms with Crippen LogP contribution in [0.5, 0.6) is 0 Å². The second-order valence-corrected chi connectivity index (χ2v) is 5.44. The summed E-state index contributed by atoms with van der Waals surface area (Å²) >= 11 is 0. The lowest BCUT2D eigenvalue weighted by molar-refractivity contribution is -0.134. The highest BCUT2D eigenvalue weighted by Gasteiger charge is 2.42. The maximum absolute atomic E-state index is 12.2. The van der Waals surface area contributed by atoms with Crippen LogP contribution in [0, 0.1) is 5.41 Å². The van der Waals surface area contributed by atoms with Gasteiger partial charge in [-0.15, -0.1) is 0 Å². The normalized spacial score (nSPS) is 33.7. The van der Waals surface area contributed by atoms with Crippen molar-refractivity contribution in [3.63, 3.8) is 0 Å². The fraction of sp³-hybridized carbons (Fsp3) is 0.833. The number of nitrogens with zero attached hydrogens (tertiary/aromatic N) is 1. The molecule has 2 aliphatic heterocycles.